The van der Waals surface area contributed by atoms with Crippen LogP contribution in [0.15, 0.2) is 60.0 Å². The van der Waals surface area contributed by atoms with E-state index in [-0.39, 0.29) is 24.3 Å². The van der Waals surface area contributed by atoms with E-state index in [0.717, 1.165) is 21.6 Å². The molecule has 0 spiro atoms. The molecule has 0 radical (unpaired) electrons. The summed E-state index contributed by atoms with van der Waals surface area (Å²) in [5.74, 6) is -0.502. The van der Waals surface area contributed by atoms with E-state index in [9.17, 15) is 14.0 Å². The highest BCUT2D eigenvalue weighted by Gasteiger charge is 2.23. The third kappa shape index (κ3) is 7.90. The van der Waals surface area contributed by atoms with E-state index in [1.807, 2.05) is 49.6 Å². The summed E-state index contributed by atoms with van der Waals surface area (Å²) >= 11 is 1.59. The Balaban J connectivity index is 1.78. The molecule has 8 heteroatoms. The topological polar surface area (TPSA) is 61.9 Å². The summed E-state index contributed by atoms with van der Waals surface area (Å²) in [6.07, 6.45) is 0.604. The largest absolute Gasteiger partial charge is 0.385 e. The minimum Gasteiger partial charge on any atom is -0.385 e. The van der Waals surface area contributed by atoms with Crippen molar-refractivity contribution < 1.29 is 18.7 Å². The summed E-state index contributed by atoms with van der Waals surface area (Å²) in [6.45, 7) is 5.46. The van der Waals surface area contributed by atoms with Crippen LogP contribution in [0, 0.1) is 19.7 Å². The summed E-state index contributed by atoms with van der Waals surface area (Å²) in [5, 5.41) is 4.93. The number of hydrogen-bond acceptors (Lipinski definition) is 4. The standard InChI is InChI=1S/C27H32FN3O3S/c1-20-7-4-5-8-24(20)29-27(33)30(14-6-15-34-3)19-26(32)31(18-25-21(2)13-16-35-25)17-22-9-11-23(28)12-10-22/h4-5,7-13,16H,6,14-15,17-19H2,1-3H3,(H,29,33). The number of amides is 3. The first-order valence-electron chi connectivity index (χ1n) is 11.5. The predicted octanol–water partition coefficient (Wildman–Crippen LogP) is 5.60. The number of halogens is 1. The van der Waals surface area contributed by atoms with Crippen molar-refractivity contribution >= 4 is 29.0 Å². The molecule has 0 aliphatic heterocycles. The van der Waals surface area contributed by atoms with Crippen molar-refractivity contribution in [2.75, 3.05) is 32.1 Å². The zero-order valence-electron chi connectivity index (χ0n) is 20.4. The molecule has 3 amide bonds. The van der Waals surface area contributed by atoms with Gasteiger partial charge >= 0.3 is 6.03 Å². The van der Waals surface area contributed by atoms with Crippen LogP contribution >= 0.6 is 11.3 Å². The van der Waals surface area contributed by atoms with Gasteiger partial charge < -0.3 is 19.9 Å². The van der Waals surface area contributed by atoms with E-state index in [4.69, 9.17) is 4.74 Å². The van der Waals surface area contributed by atoms with Crippen LogP contribution < -0.4 is 5.32 Å². The molecule has 0 saturated heterocycles. The van der Waals surface area contributed by atoms with Crippen LogP contribution in [-0.4, -0.2) is 48.5 Å². The molecule has 6 nitrogen and oxygen atoms in total. The number of anilines is 1. The lowest BCUT2D eigenvalue weighted by Gasteiger charge is -2.28. The Hall–Kier alpha value is -3.23. The average molecular weight is 498 g/mol. The number of aryl methyl sites for hydroxylation is 2. The van der Waals surface area contributed by atoms with Crippen LogP contribution in [-0.2, 0) is 22.6 Å². The maximum Gasteiger partial charge on any atom is 0.322 e. The Kier molecular flexibility index (Phi) is 9.81. The maximum absolute atomic E-state index is 13.5. The zero-order chi connectivity index (χ0) is 25.2. The molecule has 1 aromatic heterocycles. The SMILES string of the molecule is COCCCN(CC(=O)N(Cc1ccc(F)cc1)Cc1sccc1C)C(=O)Nc1ccccc1C. The lowest BCUT2D eigenvalue weighted by molar-refractivity contribution is -0.133. The molecular weight excluding hydrogens is 465 g/mol. The maximum atomic E-state index is 13.5. The Morgan fingerprint density at radius 3 is 2.37 bits per heavy atom. The highest BCUT2D eigenvalue weighted by molar-refractivity contribution is 7.10. The number of thiophene rings is 1. The van der Waals surface area contributed by atoms with Crippen molar-refractivity contribution in [1.29, 1.82) is 0 Å². The van der Waals surface area contributed by atoms with Gasteiger partial charge in [-0.05, 0) is 66.6 Å². The molecule has 3 aromatic rings. The molecule has 1 N–H and O–H groups in total. The Morgan fingerprint density at radius 1 is 0.971 bits per heavy atom. The fraction of sp³-hybridized carbons (Fsp3) is 0.333. The van der Waals surface area contributed by atoms with Gasteiger partial charge in [-0.25, -0.2) is 9.18 Å². The number of benzene rings is 2. The van der Waals surface area contributed by atoms with Crippen molar-refractivity contribution in [2.24, 2.45) is 0 Å². The Bertz CT molecular complexity index is 1120. The predicted molar refractivity (Wildman–Crippen MR) is 138 cm³/mol. The molecule has 0 aliphatic carbocycles. The number of rotatable bonds is 11. The highest BCUT2D eigenvalue weighted by Crippen LogP contribution is 2.20. The minimum atomic E-state index is -0.335. The number of para-hydroxylation sites is 1. The third-order valence-corrected chi connectivity index (χ3v) is 6.73. The van der Waals surface area contributed by atoms with Gasteiger partial charge in [0.15, 0.2) is 0 Å². The Morgan fingerprint density at radius 2 is 1.71 bits per heavy atom. The summed E-state index contributed by atoms with van der Waals surface area (Å²) in [5.41, 5.74) is 3.58. The van der Waals surface area contributed by atoms with Crippen LogP contribution in [0.2, 0.25) is 0 Å². The first-order valence-corrected chi connectivity index (χ1v) is 12.4. The van der Waals surface area contributed by atoms with Crippen LogP contribution in [0.4, 0.5) is 14.9 Å². The summed E-state index contributed by atoms with van der Waals surface area (Å²) < 4.78 is 18.6. The second-order valence-electron chi connectivity index (χ2n) is 8.42. The summed E-state index contributed by atoms with van der Waals surface area (Å²) in [6, 6.07) is 15.3. The van der Waals surface area contributed by atoms with Gasteiger partial charge in [0, 0.05) is 37.4 Å². The summed E-state index contributed by atoms with van der Waals surface area (Å²) in [7, 11) is 1.61. The first-order chi connectivity index (χ1) is 16.9. The van der Waals surface area contributed by atoms with Crippen molar-refractivity contribution in [3.8, 4) is 0 Å². The molecule has 2 aromatic carbocycles. The molecule has 3 rings (SSSR count). The van der Waals surface area contributed by atoms with Gasteiger partial charge in [0.2, 0.25) is 5.91 Å². The molecule has 0 unspecified atom stereocenters. The lowest BCUT2D eigenvalue weighted by atomic mass is 10.2. The van der Waals surface area contributed by atoms with E-state index >= 15 is 0 Å². The number of carbonyl (C=O) groups is 2. The molecule has 0 aliphatic rings. The fourth-order valence-corrected chi connectivity index (χ4v) is 4.53. The van der Waals surface area contributed by atoms with Crippen LogP contribution in [0.25, 0.3) is 0 Å². The van der Waals surface area contributed by atoms with Crippen LogP contribution in [0.1, 0.15) is 28.0 Å². The number of methoxy groups -OCH3 is 1. The molecular formula is C27H32FN3O3S. The van der Waals surface area contributed by atoms with Crippen LogP contribution in [0.3, 0.4) is 0 Å². The van der Waals surface area contributed by atoms with Gasteiger partial charge in [-0.2, -0.15) is 0 Å². The van der Waals surface area contributed by atoms with E-state index in [1.54, 1.807) is 35.5 Å². The van der Waals surface area contributed by atoms with Gasteiger partial charge in [-0.15, -0.1) is 11.3 Å². The van der Waals surface area contributed by atoms with E-state index < -0.39 is 0 Å². The number of carbonyl (C=O) groups excluding carboxylic acids is 2. The minimum absolute atomic E-state index is 0.0763. The summed E-state index contributed by atoms with van der Waals surface area (Å²) in [4.78, 5) is 31.0. The third-order valence-electron chi connectivity index (χ3n) is 5.72. The van der Waals surface area contributed by atoms with E-state index in [2.05, 4.69) is 5.32 Å². The van der Waals surface area contributed by atoms with E-state index in [1.165, 1.54) is 17.0 Å². The molecule has 35 heavy (non-hydrogen) atoms. The monoisotopic (exact) mass is 497 g/mol. The number of nitrogens with zero attached hydrogens (tertiary/aromatic N) is 2. The van der Waals surface area contributed by atoms with E-state index in [0.29, 0.717) is 38.3 Å². The molecule has 186 valence electrons. The number of ether oxygens (including phenoxy) is 1. The van der Waals surface area contributed by atoms with Gasteiger partial charge in [0.05, 0.1) is 6.54 Å². The first kappa shape index (κ1) is 26.4. The molecule has 0 fully saturated rings. The van der Waals surface area contributed by atoms with Crippen LogP contribution in [0.5, 0.6) is 0 Å². The van der Waals surface area contributed by atoms with Gasteiger partial charge in [-0.3, -0.25) is 4.79 Å². The normalized spacial score (nSPS) is 10.7. The Labute approximate surface area is 210 Å². The van der Waals surface area contributed by atoms with Gasteiger partial charge in [0.1, 0.15) is 12.4 Å². The number of urea groups is 1. The molecule has 0 atom stereocenters. The quantitative estimate of drug-likeness (QED) is 0.351. The lowest BCUT2D eigenvalue weighted by Crippen LogP contribution is -2.44. The molecule has 1 heterocycles. The zero-order valence-corrected chi connectivity index (χ0v) is 21.2. The smallest absolute Gasteiger partial charge is 0.322 e. The second-order valence-corrected chi connectivity index (χ2v) is 9.42. The number of hydrogen-bond donors (Lipinski definition) is 1. The average Bonchev–Trinajstić information content (AvgIpc) is 3.25. The number of nitrogens with one attached hydrogen (secondary N) is 1. The molecule has 0 saturated carbocycles. The van der Waals surface area contributed by atoms with Crippen molar-refractivity contribution in [3.05, 3.63) is 87.4 Å². The second kappa shape index (κ2) is 13.0. The van der Waals surface area contributed by atoms with Gasteiger partial charge in [0.25, 0.3) is 0 Å². The van der Waals surface area contributed by atoms with Gasteiger partial charge in [-0.1, -0.05) is 30.3 Å². The fourth-order valence-electron chi connectivity index (χ4n) is 3.60. The van der Waals surface area contributed by atoms with Crippen molar-refractivity contribution in [1.82, 2.24) is 9.80 Å². The van der Waals surface area contributed by atoms with Crippen molar-refractivity contribution in [3.63, 3.8) is 0 Å². The molecule has 0 bridgehead atoms. The highest BCUT2D eigenvalue weighted by atomic mass is 32.1. The van der Waals surface area contributed by atoms with Crippen molar-refractivity contribution in [2.45, 2.75) is 33.4 Å².